The van der Waals surface area contributed by atoms with Gasteiger partial charge in [-0.15, -0.1) is 0 Å². The summed E-state index contributed by atoms with van der Waals surface area (Å²) in [5.41, 5.74) is 1.83. The van der Waals surface area contributed by atoms with E-state index in [4.69, 9.17) is 16.7 Å². The predicted octanol–water partition coefficient (Wildman–Crippen LogP) is 3.60. The van der Waals surface area contributed by atoms with Crippen molar-refractivity contribution in [1.29, 1.82) is 0 Å². The number of halogens is 1. The van der Waals surface area contributed by atoms with E-state index in [0.29, 0.717) is 5.16 Å². The van der Waals surface area contributed by atoms with Gasteiger partial charge in [-0.25, -0.2) is 14.8 Å². The fraction of sp³-hybridized carbons (Fsp3) is 0.154. The third-order valence-corrected chi connectivity index (χ3v) is 3.52. The number of aryl methyl sites for hydroxylation is 2. The van der Waals surface area contributed by atoms with E-state index in [2.05, 4.69) is 9.97 Å². The fourth-order valence-corrected chi connectivity index (χ4v) is 2.68. The second-order valence-corrected chi connectivity index (χ2v) is 5.43. The van der Waals surface area contributed by atoms with Crippen molar-refractivity contribution in [2.24, 2.45) is 0 Å². The van der Waals surface area contributed by atoms with Crippen molar-refractivity contribution in [3.8, 4) is 0 Å². The average Bonchev–Trinajstić information content (AvgIpc) is 2.30. The van der Waals surface area contributed by atoms with Gasteiger partial charge in [-0.05, 0) is 49.9 Å². The molecule has 0 radical (unpaired) electrons. The van der Waals surface area contributed by atoms with Gasteiger partial charge in [0.05, 0.1) is 10.6 Å². The summed E-state index contributed by atoms with van der Waals surface area (Å²) in [5.74, 6) is -1.05. The van der Waals surface area contributed by atoms with Gasteiger partial charge in [0, 0.05) is 16.3 Å². The first-order valence-corrected chi connectivity index (χ1v) is 6.68. The molecule has 0 atom stereocenters. The maximum atomic E-state index is 11.0. The van der Waals surface area contributed by atoms with E-state index in [9.17, 15) is 4.79 Å². The molecule has 98 valence electrons. The Morgan fingerprint density at radius 3 is 2.42 bits per heavy atom. The molecule has 0 saturated heterocycles. The minimum Gasteiger partial charge on any atom is -0.478 e. The zero-order valence-corrected chi connectivity index (χ0v) is 11.9. The molecule has 0 fully saturated rings. The van der Waals surface area contributed by atoms with Crippen LogP contribution in [-0.2, 0) is 0 Å². The van der Waals surface area contributed by atoms with Crippen LogP contribution in [0.2, 0.25) is 5.02 Å². The molecule has 0 amide bonds. The largest absolute Gasteiger partial charge is 0.478 e. The number of nitrogens with zero attached hydrogens (tertiary/aromatic N) is 2. The minimum atomic E-state index is -1.05. The van der Waals surface area contributed by atoms with Crippen molar-refractivity contribution < 1.29 is 9.90 Å². The lowest BCUT2D eigenvalue weighted by atomic mass is 10.2. The summed E-state index contributed by atoms with van der Waals surface area (Å²) >= 11 is 7.14. The Hall–Kier alpha value is -1.59. The van der Waals surface area contributed by atoms with Crippen molar-refractivity contribution in [3.05, 3.63) is 46.2 Å². The highest BCUT2D eigenvalue weighted by atomic mass is 35.5. The van der Waals surface area contributed by atoms with Gasteiger partial charge < -0.3 is 5.11 Å². The molecule has 0 unspecified atom stereocenters. The van der Waals surface area contributed by atoms with Crippen LogP contribution in [-0.4, -0.2) is 21.0 Å². The van der Waals surface area contributed by atoms with Crippen LogP contribution in [0.5, 0.6) is 0 Å². The molecule has 0 aliphatic rings. The topological polar surface area (TPSA) is 63.1 Å². The zero-order valence-electron chi connectivity index (χ0n) is 10.3. The fourth-order valence-electron chi connectivity index (χ4n) is 1.58. The molecule has 19 heavy (non-hydrogen) atoms. The predicted molar refractivity (Wildman–Crippen MR) is 74.0 cm³/mol. The highest BCUT2D eigenvalue weighted by molar-refractivity contribution is 7.99. The maximum absolute atomic E-state index is 11.0. The van der Waals surface area contributed by atoms with Crippen LogP contribution in [0.25, 0.3) is 0 Å². The van der Waals surface area contributed by atoms with E-state index in [1.54, 1.807) is 12.1 Å². The Labute approximate surface area is 119 Å². The normalized spacial score (nSPS) is 10.5. The summed E-state index contributed by atoms with van der Waals surface area (Å²) in [6, 6.07) is 6.72. The van der Waals surface area contributed by atoms with Crippen LogP contribution in [0.15, 0.2) is 34.3 Å². The second kappa shape index (κ2) is 5.59. The molecule has 1 aromatic carbocycles. The number of benzene rings is 1. The Balaban J connectivity index is 2.33. The first kappa shape index (κ1) is 13.8. The zero-order chi connectivity index (χ0) is 14.0. The standard InChI is InChI=1S/C13H11ClN2O2S/c1-7-5-8(2)16-13(15-7)19-9-3-4-11(14)10(6-9)12(17)18/h3-6H,1-2H3,(H,17,18). The van der Waals surface area contributed by atoms with Crippen molar-refractivity contribution in [3.63, 3.8) is 0 Å². The second-order valence-electron chi connectivity index (χ2n) is 3.98. The van der Waals surface area contributed by atoms with Crippen LogP contribution in [0.3, 0.4) is 0 Å². The van der Waals surface area contributed by atoms with Gasteiger partial charge in [0.2, 0.25) is 0 Å². The van der Waals surface area contributed by atoms with E-state index < -0.39 is 5.97 Å². The van der Waals surface area contributed by atoms with Gasteiger partial charge in [0.15, 0.2) is 5.16 Å². The van der Waals surface area contributed by atoms with Crippen LogP contribution >= 0.6 is 23.4 Å². The minimum absolute atomic E-state index is 0.0797. The number of carboxylic acid groups (broad SMARTS) is 1. The number of rotatable bonds is 3. The number of aromatic nitrogens is 2. The highest BCUT2D eigenvalue weighted by Gasteiger charge is 2.11. The molecule has 4 nitrogen and oxygen atoms in total. The van der Waals surface area contributed by atoms with Crippen molar-refractivity contribution in [2.75, 3.05) is 0 Å². The van der Waals surface area contributed by atoms with Crippen molar-refractivity contribution >= 4 is 29.3 Å². The van der Waals surface area contributed by atoms with Crippen LogP contribution < -0.4 is 0 Å². The first-order valence-electron chi connectivity index (χ1n) is 5.48. The molecule has 0 bridgehead atoms. The lowest BCUT2D eigenvalue weighted by Crippen LogP contribution is -1.98. The molecule has 6 heteroatoms. The van der Waals surface area contributed by atoms with Crippen molar-refractivity contribution in [1.82, 2.24) is 9.97 Å². The monoisotopic (exact) mass is 294 g/mol. The molecule has 2 rings (SSSR count). The van der Waals surface area contributed by atoms with Crippen LogP contribution in [0.4, 0.5) is 0 Å². The average molecular weight is 295 g/mol. The summed E-state index contributed by atoms with van der Waals surface area (Å²) in [4.78, 5) is 20.3. The Morgan fingerprint density at radius 2 is 1.84 bits per heavy atom. The third-order valence-electron chi connectivity index (χ3n) is 2.34. The molecule has 0 saturated carbocycles. The lowest BCUT2D eigenvalue weighted by Gasteiger charge is -2.05. The van der Waals surface area contributed by atoms with Gasteiger partial charge in [-0.3, -0.25) is 0 Å². The smallest absolute Gasteiger partial charge is 0.337 e. The Morgan fingerprint density at radius 1 is 1.21 bits per heavy atom. The quantitative estimate of drug-likeness (QED) is 0.876. The molecule has 0 aliphatic heterocycles. The van der Waals surface area contributed by atoms with E-state index in [1.807, 2.05) is 19.9 Å². The lowest BCUT2D eigenvalue weighted by molar-refractivity contribution is 0.0697. The molecular formula is C13H11ClN2O2S. The maximum Gasteiger partial charge on any atom is 0.337 e. The van der Waals surface area contributed by atoms with Crippen LogP contribution in [0.1, 0.15) is 21.7 Å². The van der Waals surface area contributed by atoms with E-state index in [-0.39, 0.29) is 10.6 Å². The Bertz CT molecular complexity index is 626. The van der Waals surface area contributed by atoms with E-state index >= 15 is 0 Å². The number of aromatic carboxylic acids is 1. The number of carbonyl (C=O) groups is 1. The van der Waals surface area contributed by atoms with Gasteiger partial charge in [0.1, 0.15) is 0 Å². The Kier molecular flexibility index (Phi) is 4.07. The molecule has 1 N–H and O–H groups in total. The highest BCUT2D eigenvalue weighted by Crippen LogP contribution is 2.28. The van der Waals surface area contributed by atoms with Gasteiger partial charge in [-0.2, -0.15) is 0 Å². The molecular weight excluding hydrogens is 284 g/mol. The van der Waals surface area contributed by atoms with Gasteiger partial charge in [0.25, 0.3) is 0 Å². The van der Waals surface area contributed by atoms with Crippen molar-refractivity contribution in [2.45, 2.75) is 23.9 Å². The first-order chi connectivity index (χ1) is 8.95. The summed E-state index contributed by atoms with van der Waals surface area (Å²) < 4.78 is 0. The molecule has 2 aromatic rings. The third kappa shape index (κ3) is 3.45. The molecule has 0 spiro atoms. The van der Waals surface area contributed by atoms with Gasteiger partial charge >= 0.3 is 5.97 Å². The van der Waals surface area contributed by atoms with E-state index in [1.165, 1.54) is 17.8 Å². The molecule has 1 heterocycles. The SMILES string of the molecule is Cc1cc(C)nc(Sc2ccc(Cl)c(C(=O)O)c2)n1. The molecule has 1 aromatic heterocycles. The summed E-state index contributed by atoms with van der Waals surface area (Å²) in [5, 5.41) is 9.83. The number of carboxylic acids is 1. The summed E-state index contributed by atoms with van der Waals surface area (Å²) in [7, 11) is 0. The molecule has 0 aliphatic carbocycles. The summed E-state index contributed by atoms with van der Waals surface area (Å²) in [6.45, 7) is 3.78. The number of hydrogen-bond donors (Lipinski definition) is 1. The van der Waals surface area contributed by atoms with Gasteiger partial charge in [-0.1, -0.05) is 11.6 Å². The van der Waals surface area contributed by atoms with Crippen LogP contribution in [0, 0.1) is 13.8 Å². The summed E-state index contributed by atoms with van der Waals surface area (Å²) in [6.07, 6.45) is 0. The number of hydrogen-bond acceptors (Lipinski definition) is 4. The van der Waals surface area contributed by atoms with E-state index in [0.717, 1.165) is 16.3 Å².